The lowest BCUT2D eigenvalue weighted by atomic mass is 10.2. The molecule has 0 saturated carbocycles. The van der Waals surface area contributed by atoms with Gasteiger partial charge in [-0.15, -0.1) is 11.8 Å². The lowest BCUT2D eigenvalue weighted by Gasteiger charge is -2.17. The van der Waals surface area contributed by atoms with Gasteiger partial charge in [-0.1, -0.05) is 13.8 Å². The van der Waals surface area contributed by atoms with E-state index in [4.69, 9.17) is 0 Å². The number of H-pyrrole nitrogens is 1. The fourth-order valence-corrected chi connectivity index (χ4v) is 2.82. The number of allylic oxidation sites excluding steroid dienone is 2. The average Bonchev–Trinajstić information content (AvgIpc) is 2.82. The highest BCUT2D eigenvalue weighted by Gasteiger charge is 2.14. The molecular formula is C14H14F2N4S. The molecule has 1 aromatic carbocycles. The summed E-state index contributed by atoms with van der Waals surface area (Å²) in [5, 5.41) is 1.39. The molecule has 0 radical (unpaired) electrons. The van der Waals surface area contributed by atoms with Gasteiger partial charge in [-0.2, -0.15) is 0 Å². The van der Waals surface area contributed by atoms with Crippen LogP contribution in [0.1, 0.15) is 19.7 Å². The maximum absolute atomic E-state index is 13.2. The summed E-state index contributed by atoms with van der Waals surface area (Å²) < 4.78 is 26.5. The smallest absolute Gasteiger partial charge is 0.161 e. The molecule has 0 bridgehead atoms. The van der Waals surface area contributed by atoms with E-state index in [1.165, 1.54) is 0 Å². The Morgan fingerprint density at radius 3 is 2.71 bits per heavy atom. The lowest BCUT2D eigenvalue weighted by Crippen LogP contribution is -2.28. The normalized spacial score (nSPS) is 14.7. The first kappa shape index (κ1) is 13.9. The monoisotopic (exact) mass is 308 g/mol. The molecule has 7 heteroatoms. The number of benzene rings is 1. The Kier molecular flexibility index (Phi) is 3.59. The summed E-state index contributed by atoms with van der Waals surface area (Å²) in [5.41, 5.74) is 7.66. The molecule has 0 unspecified atom stereocenters. The standard InChI is InChI=1S/C14H14F2N4S/c1-7(2)21-13-3-8(6-17-20-13)14-18-11-4-9(15)10(16)5-12(11)19-14/h3-7,17,20H,1-2H3,(H,18,19). The predicted molar refractivity (Wildman–Crippen MR) is 81.1 cm³/mol. The second-order valence-corrected chi connectivity index (χ2v) is 6.53. The van der Waals surface area contributed by atoms with E-state index in [0.717, 1.165) is 22.7 Å². The number of nitrogens with zero attached hydrogens (tertiary/aromatic N) is 1. The van der Waals surface area contributed by atoms with Gasteiger partial charge in [0.2, 0.25) is 0 Å². The molecule has 3 N–H and O–H groups in total. The quantitative estimate of drug-likeness (QED) is 0.814. The zero-order valence-electron chi connectivity index (χ0n) is 11.5. The van der Waals surface area contributed by atoms with Crippen LogP contribution in [-0.4, -0.2) is 15.2 Å². The van der Waals surface area contributed by atoms with Crippen LogP contribution in [0.4, 0.5) is 8.78 Å². The number of hydrogen-bond donors (Lipinski definition) is 3. The summed E-state index contributed by atoms with van der Waals surface area (Å²) in [4.78, 5) is 7.30. The minimum atomic E-state index is -0.899. The van der Waals surface area contributed by atoms with Gasteiger partial charge in [0.25, 0.3) is 0 Å². The van der Waals surface area contributed by atoms with E-state index in [9.17, 15) is 8.78 Å². The third-order valence-corrected chi connectivity index (χ3v) is 3.81. The van der Waals surface area contributed by atoms with Gasteiger partial charge in [-0.25, -0.2) is 13.8 Å². The Bertz CT molecular complexity index is 710. The number of imidazole rings is 1. The van der Waals surface area contributed by atoms with Crippen molar-refractivity contribution in [2.45, 2.75) is 19.1 Å². The third-order valence-electron chi connectivity index (χ3n) is 2.87. The SMILES string of the molecule is CC(C)SC1=CC(c2nc3cc(F)c(F)cc3[nH]2)=CNN1. The van der Waals surface area contributed by atoms with Gasteiger partial charge < -0.3 is 10.4 Å². The maximum Gasteiger partial charge on any atom is 0.161 e. The van der Waals surface area contributed by atoms with Gasteiger partial charge in [-0.3, -0.25) is 5.43 Å². The van der Waals surface area contributed by atoms with Crippen LogP contribution < -0.4 is 10.9 Å². The summed E-state index contributed by atoms with van der Waals surface area (Å²) >= 11 is 1.67. The van der Waals surface area contributed by atoms with Crippen molar-refractivity contribution in [3.05, 3.63) is 46.9 Å². The molecular weight excluding hydrogens is 294 g/mol. The molecule has 0 spiro atoms. The summed E-state index contributed by atoms with van der Waals surface area (Å²) in [6.45, 7) is 4.19. The third kappa shape index (κ3) is 2.87. The Morgan fingerprint density at radius 2 is 1.95 bits per heavy atom. The predicted octanol–water partition coefficient (Wildman–Crippen LogP) is 3.27. The van der Waals surface area contributed by atoms with Crippen LogP contribution in [0.2, 0.25) is 0 Å². The minimum Gasteiger partial charge on any atom is -0.338 e. The van der Waals surface area contributed by atoms with E-state index in [0.29, 0.717) is 22.1 Å². The van der Waals surface area contributed by atoms with Crippen molar-refractivity contribution in [2.24, 2.45) is 0 Å². The van der Waals surface area contributed by atoms with Gasteiger partial charge in [0.05, 0.1) is 16.1 Å². The van der Waals surface area contributed by atoms with Crippen LogP contribution in [-0.2, 0) is 0 Å². The number of hydrogen-bond acceptors (Lipinski definition) is 4. The van der Waals surface area contributed by atoms with E-state index in [1.54, 1.807) is 18.0 Å². The molecule has 0 saturated heterocycles. The van der Waals surface area contributed by atoms with Crippen molar-refractivity contribution in [1.82, 2.24) is 20.8 Å². The fraction of sp³-hybridized carbons (Fsp3) is 0.214. The highest BCUT2D eigenvalue weighted by atomic mass is 32.2. The second kappa shape index (κ2) is 5.40. The maximum atomic E-state index is 13.2. The Balaban J connectivity index is 1.96. The molecule has 1 aliphatic heterocycles. The number of hydrazine groups is 1. The van der Waals surface area contributed by atoms with E-state index < -0.39 is 11.6 Å². The average molecular weight is 308 g/mol. The van der Waals surface area contributed by atoms with E-state index in [1.807, 2.05) is 6.08 Å². The highest BCUT2D eigenvalue weighted by Crippen LogP contribution is 2.26. The van der Waals surface area contributed by atoms with Crippen molar-refractivity contribution in [3.63, 3.8) is 0 Å². The molecule has 0 atom stereocenters. The van der Waals surface area contributed by atoms with E-state index >= 15 is 0 Å². The van der Waals surface area contributed by atoms with Crippen LogP contribution in [0.3, 0.4) is 0 Å². The van der Waals surface area contributed by atoms with Crippen LogP contribution >= 0.6 is 11.8 Å². The van der Waals surface area contributed by atoms with Gasteiger partial charge in [0.1, 0.15) is 5.82 Å². The van der Waals surface area contributed by atoms with Crippen LogP contribution in [0.25, 0.3) is 16.6 Å². The van der Waals surface area contributed by atoms with Crippen LogP contribution in [0.5, 0.6) is 0 Å². The number of halogens is 2. The largest absolute Gasteiger partial charge is 0.338 e. The molecule has 0 aliphatic carbocycles. The van der Waals surface area contributed by atoms with Gasteiger partial charge >= 0.3 is 0 Å². The Morgan fingerprint density at radius 1 is 1.19 bits per heavy atom. The first-order chi connectivity index (χ1) is 10.0. The van der Waals surface area contributed by atoms with E-state index in [-0.39, 0.29) is 0 Å². The summed E-state index contributed by atoms with van der Waals surface area (Å²) in [6, 6.07) is 2.21. The zero-order chi connectivity index (χ0) is 15.0. The number of nitrogens with one attached hydrogen (secondary N) is 3. The van der Waals surface area contributed by atoms with Gasteiger partial charge in [0.15, 0.2) is 11.6 Å². The molecule has 3 rings (SSSR count). The fourth-order valence-electron chi connectivity index (χ4n) is 2.00. The Labute approximate surface area is 124 Å². The molecule has 110 valence electrons. The van der Waals surface area contributed by atoms with Crippen molar-refractivity contribution in [1.29, 1.82) is 0 Å². The first-order valence-electron chi connectivity index (χ1n) is 6.48. The zero-order valence-corrected chi connectivity index (χ0v) is 12.3. The van der Waals surface area contributed by atoms with E-state index in [2.05, 4.69) is 34.7 Å². The molecule has 1 aliphatic rings. The molecule has 0 fully saturated rings. The summed E-state index contributed by atoms with van der Waals surface area (Å²) in [5.74, 6) is -1.22. The van der Waals surface area contributed by atoms with Crippen LogP contribution in [0, 0.1) is 11.6 Å². The molecule has 1 aromatic heterocycles. The van der Waals surface area contributed by atoms with Gasteiger partial charge in [0, 0.05) is 29.2 Å². The number of fused-ring (bicyclic) bond motifs is 1. The van der Waals surface area contributed by atoms with Crippen molar-refractivity contribution in [3.8, 4) is 0 Å². The number of rotatable bonds is 3. The first-order valence-corrected chi connectivity index (χ1v) is 7.36. The Hall–Kier alpha value is -2.02. The van der Waals surface area contributed by atoms with Gasteiger partial charge in [-0.05, 0) is 6.08 Å². The highest BCUT2D eigenvalue weighted by molar-refractivity contribution is 8.03. The van der Waals surface area contributed by atoms with Crippen molar-refractivity contribution < 1.29 is 8.78 Å². The number of thioether (sulfide) groups is 1. The second-order valence-electron chi connectivity index (χ2n) is 4.91. The number of aromatic nitrogens is 2. The molecule has 0 amide bonds. The molecule has 4 nitrogen and oxygen atoms in total. The summed E-state index contributed by atoms with van der Waals surface area (Å²) in [6.07, 6.45) is 3.68. The number of aromatic amines is 1. The molecule has 2 heterocycles. The van der Waals surface area contributed by atoms with Crippen molar-refractivity contribution >= 4 is 28.4 Å². The minimum absolute atomic E-state index is 0.398. The van der Waals surface area contributed by atoms with Crippen LogP contribution in [0.15, 0.2) is 29.4 Å². The molecule has 21 heavy (non-hydrogen) atoms. The topological polar surface area (TPSA) is 52.7 Å². The molecule has 2 aromatic rings. The lowest BCUT2D eigenvalue weighted by molar-refractivity contribution is 0.510. The summed E-state index contributed by atoms with van der Waals surface area (Å²) in [7, 11) is 0. The van der Waals surface area contributed by atoms with Crippen molar-refractivity contribution in [2.75, 3.05) is 0 Å².